The molecule has 1 N–H and O–H groups in total. The summed E-state index contributed by atoms with van der Waals surface area (Å²) in [7, 11) is 0. The molecule has 2 aliphatic heterocycles. The molecule has 0 spiro atoms. The predicted octanol–water partition coefficient (Wildman–Crippen LogP) is 0.709. The molecular weight excluding hydrogens is 260 g/mol. The van der Waals surface area contributed by atoms with Crippen molar-refractivity contribution < 1.29 is 19.5 Å². The van der Waals surface area contributed by atoms with Crippen LogP contribution in [0.2, 0.25) is 0 Å². The SMILES string of the molecule is CC(C)N1C(=O)CC(N2CCCC(CC(=O)O)C2)C1=O. The van der Waals surface area contributed by atoms with Crippen LogP contribution in [0.1, 0.15) is 39.5 Å². The van der Waals surface area contributed by atoms with Crippen LogP contribution in [0, 0.1) is 5.92 Å². The summed E-state index contributed by atoms with van der Waals surface area (Å²) >= 11 is 0. The van der Waals surface area contributed by atoms with Crippen molar-refractivity contribution in [2.24, 2.45) is 5.92 Å². The van der Waals surface area contributed by atoms with E-state index in [2.05, 4.69) is 0 Å². The van der Waals surface area contributed by atoms with Gasteiger partial charge in [0, 0.05) is 19.0 Å². The average molecular weight is 282 g/mol. The van der Waals surface area contributed by atoms with Gasteiger partial charge in [0.25, 0.3) is 0 Å². The third kappa shape index (κ3) is 3.00. The summed E-state index contributed by atoms with van der Waals surface area (Å²) in [6.45, 7) is 5.04. The molecule has 0 aromatic carbocycles. The van der Waals surface area contributed by atoms with Crippen LogP contribution in [-0.2, 0) is 14.4 Å². The molecule has 0 saturated carbocycles. The fraction of sp³-hybridized carbons (Fsp3) is 0.786. The zero-order chi connectivity index (χ0) is 14.9. The van der Waals surface area contributed by atoms with Gasteiger partial charge in [-0.3, -0.25) is 24.2 Å². The van der Waals surface area contributed by atoms with E-state index in [9.17, 15) is 14.4 Å². The molecule has 2 heterocycles. The number of carboxylic acids is 1. The second-order valence-corrected chi connectivity index (χ2v) is 6.02. The Morgan fingerprint density at radius 2 is 2.10 bits per heavy atom. The summed E-state index contributed by atoms with van der Waals surface area (Å²) in [5, 5.41) is 8.88. The average Bonchev–Trinajstić information content (AvgIpc) is 2.64. The van der Waals surface area contributed by atoms with E-state index in [-0.39, 0.29) is 42.7 Å². The van der Waals surface area contributed by atoms with Gasteiger partial charge in [0.05, 0.1) is 12.5 Å². The minimum atomic E-state index is -0.797. The summed E-state index contributed by atoms with van der Waals surface area (Å²) in [6.07, 6.45) is 2.14. The highest BCUT2D eigenvalue weighted by molar-refractivity contribution is 6.05. The third-order valence-electron chi connectivity index (χ3n) is 4.13. The fourth-order valence-electron chi connectivity index (χ4n) is 3.26. The molecule has 2 amide bonds. The van der Waals surface area contributed by atoms with E-state index in [0.29, 0.717) is 6.54 Å². The molecule has 2 fully saturated rings. The molecule has 0 aromatic heterocycles. The zero-order valence-electron chi connectivity index (χ0n) is 12.0. The fourth-order valence-corrected chi connectivity index (χ4v) is 3.26. The van der Waals surface area contributed by atoms with Gasteiger partial charge in [0.1, 0.15) is 0 Å². The van der Waals surface area contributed by atoms with Crippen LogP contribution < -0.4 is 0 Å². The van der Waals surface area contributed by atoms with Crippen LogP contribution >= 0.6 is 0 Å². The summed E-state index contributed by atoms with van der Waals surface area (Å²) < 4.78 is 0. The molecule has 112 valence electrons. The van der Waals surface area contributed by atoms with E-state index in [4.69, 9.17) is 5.11 Å². The normalized spacial score (nSPS) is 28.4. The highest BCUT2D eigenvalue weighted by atomic mass is 16.4. The summed E-state index contributed by atoms with van der Waals surface area (Å²) in [5.41, 5.74) is 0. The van der Waals surface area contributed by atoms with E-state index in [1.54, 1.807) is 0 Å². The van der Waals surface area contributed by atoms with E-state index < -0.39 is 5.97 Å². The molecule has 6 nitrogen and oxygen atoms in total. The van der Waals surface area contributed by atoms with Crippen molar-refractivity contribution in [3.63, 3.8) is 0 Å². The largest absolute Gasteiger partial charge is 0.481 e. The first-order chi connectivity index (χ1) is 9.40. The third-order valence-corrected chi connectivity index (χ3v) is 4.13. The Morgan fingerprint density at radius 1 is 1.40 bits per heavy atom. The first-order valence-corrected chi connectivity index (χ1v) is 7.22. The van der Waals surface area contributed by atoms with Gasteiger partial charge in [-0.15, -0.1) is 0 Å². The number of carboxylic acid groups (broad SMARTS) is 1. The number of aliphatic carboxylic acids is 1. The van der Waals surface area contributed by atoms with Crippen molar-refractivity contribution in [3.05, 3.63) is 0 Å². The minimum Gasteiger partial charge on any atom is -0.481 e. The molecule has 2 aliphatic rings. The van der Waals surface area contributed by atoms with Crippen molar-refractivity contribution in [2.75, 3.05) is 13.1 Å². The Bertz CT molecular complexity index is 421. The molecule has 0 aromatic rings. The van der Waals surface area contributed by atoms with Gasteiger partial charge in [0.15, 0.2) is 0 Å². The monoisotopic (exact) mass is 282 g/mol. The maximum atomic E-state index is 12.3. The van der Waals surface area contributed by atoms with Gasteiger partial charge in [0.2, 0.25) is 11.8 Å². The first kappa shape index (κ1) is 15.0. The Kier molecular flexibility index (Phi) is 4.42. The number of carbonyl (C=O) groups is 3. The number of hydrogen-bond acceptors (Lipinski definition) is 4. The van der Waals surface area contributed by atoms with Gasteiger partial charge in [-0.25, -0.2) is 0 Å². The van der Waals surface area contributed by atoms with Crippen LogP contribution in [-0.4, -0.2) is 57.9 Å². The lowest BCUT2D eigenvalue weighted by Crippen LogP contribution is -2.48. The van der Waals surface area contributed by atoms with Crippen LogP contribution in [0.15, 0.2) is 0 Å². The molecule has 20 heavy (non-hydrogen) atoms. The number of carbonyl (C=O) groups excluding carboxylic acids is 2. The van der Waals surface area contributed by atoms with E-state index >= 15 is 0 Å². The van der Waals surface area contributed by atoms with E-state index in [1.807, 2.05) is 18.7 Å². The highest BCUT2D eigenvalue weighted by Crippen LogP contribution is 2.27. The summed E-state index contributed by atoms with van der Waals surface area (Å²) in [5.74, 6) is -0.955. The standard InChI is InChI=1S/C14H22N2O4/c1-9(2)16-12(17)7-11(14(16)20)15-5-3-4-10(8-15)6-13(18)19/h9-11H,3-8H2,1-2H3,(H,18,19). The summed E-state index contributed by atoms with van der Waals surface area (Å²) in [6, 6.07) is -0.499. The quantitative estimate of drug-likeness (QED) is 0.768. The molecular formula is C14H22N2O4. The highest BCUT2D eigenvalue weighted by Gasteiger charge is 2.43. The summed E-state index contributed by atoms with van der Waals surface area (Å²) in [4.78, 5) is 38.4. The number of amides is 2. The lowest BCUT2D eigenvalue weighted by molar-refractivity contribution is -0.141. The smallest absolute Gasteiger partial charge is 0.303 e. The van der Waals surface area contributed by atoms with Crippen LogP contribution in [0.5, 0.6) is 0 Å². The van der Waals surface area contributed by atoms with Gasteiger partial charge in [-0.1, -0.05) is 0 Å². The Hall–Kier alpha value is -1.43. The van der Waals surface area contributed by atoms with Crippen LogP contribution in [0.3, 0.4) is 0 Å². The van der Waals surface area contributed by atoms with Gasteiger partial charge >= 0.3 is 5.97 Å². The van der Waals surface area contributed by atoms with Crippen molar-refractivity contribution in [2.45, 2.75) is 51.6 Å². The number of hydrogen-bond donors (Lipinski definition) is 1. The number of rotatable bonds is 4. The van der Waals surface area contributed by atoms with E-state index in [0.717, 1.165) is 19.4 Å². The van der Waals surface area contributed by atoms with Gasteiger partial charge in [-0.05, 0) is 39.2 Å². The van der Waals surface area contributed by atoms with E-state index in [1.165, 1.54) is 4.90 Å². The molecule has 0 radical (unpaired) electrons. The van der Waals surface area contributed by atoms with Crippen LogP contribution in [0.25, 0.3) is 0 Å². The predicted molar refractivity (Wildman–Crippen MR) is 71.9 cm³/mol. The Labute approximate surface area is 118 Å². The Balaban J connectivity index is 2.03. The molecule has 0 bridgehead atoms. The number of imide groups is 1. The lowest BCUT2D eigenvalue weighted by atomic mass is 9.93. The van der Waals surface area contributed by atoms with Crippen molar-refractivity contribution in [1.29, 1.82) is 0 Å². The van der Waals surface area contributed by atoms with Gasteiger partial charge < -0.3 is 5.11 Å². The van der Waals surface area contributed by atoms with Crippen LogP contribution in [0.4, 0.5) is 0 Å². The zero-order valence-corrected chi connectivity index (χ0v) is 12.0. The molecule has 2 atom stereocenters. The molecule has 2 unspecified atom stereocenters. The number of likely N-dealkylation sites (tertiary alicyclic amines) is 2. The lowest BCUT2D eigenvalue weighted by Gasteiger charge is -2.35. The second kappa shape index (κ2) is 5.91. The molecule has 0 aliphatic carbocycles. The van der Waals surface area contributed by atoms with Gasteiger partial charge in [-0.2, -0.15) is 0 Å². The van der Waals surface area contributed by atoms with Crippen molar-refractivity contribution in [3.8, 4) is 0 Å². The maximum Gasteiger partial charge on any atom is 0.303 e. The second-order valence-electron chi connectivity index (χ2n) is 6.02. The molecule has 2 rings (SSSR count). The molecule has 2 saturated heterocycles. The maximum absolute atomic E-state index is 12.3. The Morgan fingerprint density at radius 3 is 2.65 bits per heavy atom. The van der Waals surface area contributed by atoms with Crippen molar-refractivity contribution in [1.82, 2.24) is 9.80 Å². The first-order valence-electron chi connectivity index (χ1n) is 7.22. The number of nitrogens with zero attached hydrogens (tertiary/aromatic N) is 2. The molecule has 6 heteroatoms. The minimum absolute atomic E-state index is 0.0808. The van der Waals surface area contributed by atoms with Crippen molar-refractivity contribution >= 4 is 17.8 Å². The number of piperidine rings is 1. The topological polar surface area (TPSA) is 77.9 Å².